The van der Waals surface area contributed by atoms with Gasteiger partial charge in [0.05, 0.1) is 6.54 Å². The van der Waals surface area contributed by atoms with Gasteiger partial charge in [0.25, 0.3) is 0 Å². The summed E-state index contributed by atoms with van der Waals surface area (Å²) < 4.78 is 11.4. The molecule has 3 heteroatoms. The van der Waals surface area contributed by atoms with Gasteiger partial charge in [-0.15, -0.1) is 0 Å². The highest BCUT2D eigenvalue weighted by atomic mass is 16.5. The van der Waals surface area contributed by atoms with Crippen LogP contribution in [0.2, 0.25) is 0 Å². The van der Waals surface area contributed by atoms with E-state index >= 15 is 0 Å². The lowest BCUT2D eigenvalue weighted by Gasteiger charge is -2.05. The summed E-state index contributed by atoms with van der Waals surface area (Å²) in [6, 6.07) is 4.52. The second kappa shape index (κ2) is 10.9. The molecule has 1 N–H and O–H groups in total. The molecule has 116 valence electrons. The Morgan fingerprint density at radius 1 is 1.05 bits per heavy atom. The molecule has 0 saturated carbocycles. The summed E-state index contributed by atoms with van der Waals surface area (Å²) in [5, 5.41) is 3.34. The number of unbranched alkanes of at least 4 members (excludes halogenated alkanes) is 5. The molecule has 0 fully saturated rings. The predicted octanol–water partition coefficient (Wildman–Crippen LogP) is 4.65. The lowest BCUT2D eigenvalue weighted by molar-refractivity contribution is 0.101. The molecule has 0 unspecified atom stereocenters. The Kier molecular flexibility index (Phi) is 9.42. The van der Waals surface area contributed by atoms with Crippen molar-refractivity contribution in [2.75, 3.05) is 6.61 Å². The van der Waals surface area contributed by atoms with Crippen molar-refractivity contribution in [3.05, 3.63) is 23.7 Å². The Morgan fingerprint density at radius 3 is 2.50 bits per heavy atom. The Hall–Kier alpha value is -0.800. The van der Waals surface area contributed by atoms with Crippen LogP contribution < -0.4 is 5.32 Å². The predicted molar refractivity (Wildman–Crippen MR) is 83.7 cm³/mol. The van der Waals surface area contributed by atoms with Crippen LogP contribution in [-0.2, 0) is 17.9 Å². The van der Waals surface area contributed by atoms with Gasteiger partial charge < -0.3 is 14.5 Å². The molecule has 0 atom stereocenters. The van der Waals surface area contributed by atoms with Crippen molar-refractivity contribution in [3.63, 3.8) is 0 Å². The molecule has 0 aromatic carbocycles. The molecule has 0 aliphatic rings. The van der Waals surface area contributed by atoms with Crippen LogP contribution in [0.4, 0.5) is 0 Å². The molecular weight excluding hydrogens is 250 g/mol. The number of rotatable bonds is 12. The van der Waals surface area contributed by atoms with Gasteiger partial charge >= 0.3 is 0 Å². The minimum absolute atomic E-state index is 0.479. The first kappa shape index (κ1) is 17.3. The lowest BCUT2D eigenvalue weighted by Crippen LogP contribution is -2.21. The van der Waals surface area contributed by atoms with Crippen molar-refractivity contribution in [2.24, 2.45) is 0 Å². The van der Waals surface area contributed by atoms with Crippen LogP contribution in [0.25, 0.3) is 0 Å². The van der Waals surface area contributed by atoms with E-state index in [2.05, 4.69) is 26.1 Å². The molecule has 1 rings (SSSR count). The molecule has 0 aliphatic carbocycles. The zero-order valence-corrected chi connectivity index (χ0v) is 13.4. The topological polar surface area (TPSA) is 34.4 Å². The maximum atomic E-state index is 5.71. The molecule has 20 heavy (non-hydrogen) atoms. The average molecular weight is 281 g/mol. The summed E-state index contributed by atoms with van der Waals surface area (Å²) in [7, 11) is 0. The van der Waals surface area contributed by atoms with Gasteiger partial charge in [-0.05, 0) is 18.6 Å². The van der Waals surface area contributed by atoms with Gasteiger partial charge in [0.1, 0.15) is 18.1 Å². The van der Waals surface area contributed by atoms with Gasteiger partial charge in [0.15, 0.2) is 0 Å². The van der Waals surface area contributed by atoms with E-state index in [4.69, 9.17) is 9.15 Å². The normalized spacial score (nSPS) is 11.4. The summed E-state index contributed by atoms with van der Waals surface area (Å²) in [5.74, 6) is 1.91. The molecule has 0 saturated heterocycles. The fraction of sp³-hybridized carbons (Fsp3) is 0.765. The van der Waals surface area contributed by atoms with Gasteiger partial charge in [0.2, 0.25) is 0 Å². The van der Waals surface area contributed by atoms with E-state index in [0.29, 0.717) is 12.6 Å². The molecule has 1 aromatic heterocycles. The van der Waals surface area contributed by atoms with Crippen LogP contribution in [0, 0.1) is 0 Å². The Bertz CT molecular complexity index is 333. The van der Waals surface area contributed by atoms with Crippen molar-refractivity contribution < 1.29 is 9.15 Å². The molecule has 3 nitrogen and oxygen atoms in total. The molecule has 0 aliphatic heterocycles. The maximum absolute atomic E-state index is 5.71. The molecule has 0 spiro atoms. The smallest absolute Gasteiger partial charge is 0.129 e. The molecule has 0 radical (unpaired) electrons. The third-order valence-corrected chi connectivity index (χ3v) is 3.29. The van der Waals surface area contributed by atoms with Crippen LogP contribution in [0.5, 0.6) is 0 Å². The summed E-state index contributed by atoms with van der Waals surface area (Å²) in [4.78, 5) is 0. The SMILES string of the molecule is CCCCCCCCOCc1ccc(CNC(C)C)o1. The van der Waals surface area contributed by atoms with E-state index < -0.39 is 0 Å². The zero-order valence-electron chi connectivity index (χ0n) is 13.4. The van der Waals surface area contributed by atoms with Gasteiger partial charge in [0, 0.05) is 12.6 Å². The van der Waals surface area contributed by atoms with Crippen LogP contribution in [0.1, 0.15) is 70.8 Å². The Morgan fingerprint density at radius 2 is 1.75 bits per heavy atom. The van der Waals surface area contributed by atoms with Crippen molar-refractivity contribution in [1.82, 2.24) is 5.32 Å². The van der Waals surface area contributed by atoms with Crippen molar-refractivity contribution in [1.29, 1.82) is 0 Å². The van der Waals surface area contributed by atoms with Crippen LogP contribution in [0.15, 0.2) is 16.5 Å². The summed E-state index contributed by atoms with van der Waals surface area (Å²) >= 11 is 0. The molecule has 0 bridgehead atoms. The van der Waals surface area contributed by atoms with Crippen LogP contribution >= 0.6 is 0 Å². The van der Waals surface area contributed by atoms with Crippen molar-refractivity contribution in [3.8, 4) is 0 Å². The monoisotopic (exact) mass is 281 g/mol. The highest BCUT2D eigenvalue weighted by Gasteiger charge is 2.03. The second-order valence-electron chi connectivity index (χ2n) is 5.72. The van der Waals surface area contributed by atoms with E-state index in [1.54, 1.807) is 0 Å². The van der Waals surface area contributed by atoms with Crippen LogP contribution in [0.3, 0.4) is 0 Å². The zero-order chi connectivity index (χ0) is 14.6. The number of hydrogen-bond acceptors (Lipinski definition) is 3. The second-order valence-corrected chi connectivity index (χ2v) is 5.72. The largest absolute Gasteiger partial charge is 0.462 e. The third kappa shape index (κ3) is 8.39. The van der Waals surface area contributed by atoms with Gasteiger partial charge in [-0.1, -0.05) is 52.9 Å². The minimum Gasteiger partial charge on any atom is -0.462 e. The summed E-state index contributed by atoms with van der Waals surface area (Å²) in [6.45, 7) is 8.73. The number of nitrogens with one attached hydrogen (secondary N) is 1. The third-order valence-electron chi connectivity index (χ3n) is 3.29. The Balaban J connectivity index is 2.01. The van der Waals surface area contributed by atoms with Crippen molar-refractivity contribution >= 4 is 0 Å². The molecule has 1 heterocycles. The fourth-order valence-electron chi connectivity index (χ4n) is 2.06. The Labute approximate surface area is 124 Å². The van der Waals surface area contributed by atoms with E-state index in [1.165, 1.54) is 32.1 Å². The molecule has 0 amide bonds. The van der Waals surface area contributed by atoms with E-state index in [-0.39, 0.29) is 0 Å². The number of hydrogen-bond donors (Lipinski definition) is 1. The standard InChI is InChI=1S/C17H31NO2/c1-4-5-6-7-8-9-12-19-14-17-11-10-16(20-17)13-18-15(2)3/h10-11,15,18H,4-9,12-14H2,1-3H3. The first-order valence-electron chi connectivity index (χ1n) is 8.11. The highest BCUT2D eigenvalue weighted by Crippen LogP contribution is 2.10. The van der Waals surface area contributed by atoms with Gasteiger partial charge in [-0.3, -0.25) is 0 Å². The number of furan rings is 1. The molecular formula is C17H31NO2. The maximum Gasteiger partial charge on any atom is 0.129 e. The van der Waals surface area contributed by atoms with Gasteiger partial charge in [-0.25, -0.2) is 0 Å². The number of ether oxygens (including phenoxy) is 1. The highest BCUT2D eigenvalue weighted by molar-refractivity contribution is 5.06. The first-order chi connectivity index (χ1) is 9.72. The fourth-order valence-corrected chi connectivity index (χ4v) is 2.06. The van der Waals surface area contributed by atoms with Gasteiger partial charge in [-0.2, -0.15) is 0 Å². The van der Waals surface area contributed by atoms with Crippen molar-refractivity contribution in [2.45, 2.75) is 78.5 Å². The average Bonchev–Trinajstić information content (AvgIpc) is 2.87. The molecule has 1 aromatic rings. The minimum atomic E-state index is 0.479. The van der Waals surface area contributed by atoms with E-state index in [1.807, 2.05) is 12.1 Å². The van der Waals surface area contributed by atoms with E-state index in [0.717, 1.165) is 31.1 Å². The summed E-state index contributed by atoms with van der Waals surface area (Å²) in [5.41, 5.74) is 0. The summed E-state index contributed by atoms with van der Waals surface area (Å²) in [6.07, 6.45) is 7.81. The van der Waals surface area contributed by atoms with Crippen LogP contribution in [-0.4, -0.2) is 12.6 Å². The quantitative estimate of drug-likeness (QED) is 0.566. The first-order valence-corrected chi connectivity index (χ1v) is 8.11. The lowest BCUT2D eigenvalue weighted by atomic mass is 10.1. The van der Waals surface area contributed by atoms with E-state index in [9.17, 15) is 0 Å².